The molecule has 0 spiro atoms. The van der Waals surface area contributed by atoms with Crippen molar-refractivity contribution >= 4 is 11.8 Å². The second-order valence-electron chi connectivity index (χ2n) is 5.06. The fourth-order valence-electron chi connectivity index (χ4n) is 2.57. The fourth-order valence-corrected chi connectivity index (χ4v) is 2.57. The largest absolute Gasteiger partial charge is 0.465 e. The summed E-state index contributed by atoms with van der Waals surface area (Å²) in [5, 5.41) is 3.28. The van der Waals surface area contributed by atoms with Gasteiger partial charge in [0.15, 0.2) is 0 Å². The van der Waals surface area contributed by atoms with Crippen molar-refractivity contribution < 1.29 is 9.53 Å². The van der Waals surface area contributed by atoms with Gasteiger partial charge in [0.1, 0.15) is 11.4 Å². The maximum absolute atomic E-state index is 11.6. The van der Waals surface area contributed by atoms with Crippen LogP contribution < -0.4 is 5.32 Å². The Morgan fingerprint density at radius 2 is 2.39 bits per heavy atom. The number of rotatable bonds is 4. The topological polar surface area (TPSA) is 51.2 Å². The molecule has 1 aliphatic carbocycles. The minimum absolute atomic E-state index is 0.342. The molecule has 0 radical (unpaired) electrons. The first-order valence-corrected chi connectivity index (χ1v) is 6.48. The van der Waals surface area contributed by atoms with E-state index in [0.717, 1.165) is 12.5 Å². The lowest BCUT2D eigenvalue weighted by molar-refractivity contribution is 0.0601. The molecule has 1 heterocycles. The van der Waals surface area contributed by atoms with Crippen molar-refractivity contribution in [2.24, 2.45) is 11.8 Å². The van der Waals surface area contributed by atoms with Crippen molar-refractivity contribution in [2.75, 3.05) is 19.0 Å². The molecule has 0 saturated heterocycles. The van der Waals surface area contributed by atoms with Crippen molar-refractivity contribution in [2.45, 2.75) is 26.2 Å². The Kier molecular flexibility index (Phi) is 4.18. The van der Waals surface area contributed by atoms with Crippen LogP contribution in [0.25, 0.3) is 0 Å². The number of hydrogen-bond donors (Lipinski definition) is 1. The van der Waals surface area contributed by atoms with Crippen LogP contribution in [0.3, 0.4) is 0 Å². The highest BCUT2D eigenvalue weighted by Crippen LogP contribution is 2.30. The molecule has 0 aromatic carbocycles. The van der Waals surface area contributed by atoms with Crippen LogP contribution in [0.2, 0.25) is 0 Å². The normalized spacial score (nSPS) is 22.8. The van der Waals surface area contributed by atoms with E-state index in [1.54, 1.807) is 18.3 Å². The molecule has 1 N–H and O–H groups in total. The Bertz CT molecular complexity index is 420. The lowest BCUT2D eigenvalue weighted by atomic mass is 10.1. The van der Waals surface area contributed by atoms with Crippen molar-refractivity contribution in [1.82, 2.24) is 4.98 Å². The summed E-state index contributed by atoms with van der Waals surface area (Å²) in [4.78, 5) is 15.8. The van der Waals surface area contributed by atoms with Crippen molar-refractivity contribution in [3.8, 4) is 0 Å². The Morgan fingerprint density at radius 3 is 3.06 bits per heavy atom. The van der Waals surface area contributed by atoms with Gasteiger partial charge in [0.2, 0.25) is 0 Å². The van der Waals surface area contributed by atoms with Crippen molar-refractivity contribution in [1.29, 1.82) is 0 Å². The van der Waals surface area contributed by atoms with E-state index in [2.05, 4.69) is 17.2 Å². The first kappa shape index (κ1) is 12.9. The molecule has 0 bridgehead atoms. The van der Waals surface area contributed by atoms with Crippen LogP contribution in [0.15, 0.2) is 18.3 Å². The first-order valence-electron chi connectivity index (χ1n) is 6.48. The van der Waals surface area contributed by atoms with Crippen molar-refractivity contribution in [3.05, 3.63) is 23.9 Å². The van der Waals surface area contributed by atoms with E-state index < -0.39 is 0 Å². The maximum atomic E-state index is 11.6. The Hall–Kier alpha value is -1.58. The highest BCUT2D eigenvalue weighted by atomic mass is 16.5. The summed E-state index contributed by atoms with van der Waals surface area (Å²) in [7, 11) is 1.39. The Labute approximate surface area is 108 Å². The number of methoxy groups -OCH3 is 1. The van der Waals surface area contributed by atoms with Crippen LogP contribution in [0.4, 0.5) is 5.82 Å². The number of aromatic nitrogens is 1. The van der Waals surface area contributed by atoms with Gasteiger partial charge < -0.3 is 10.1 Å². The number of nitrogens with one attached hydrogen (secondary N) is 1. The fraction of sp³-hybridized carbons (Fsp3) is 0.571. The second kappa shape index (κ2) is 5.85. The monoisotopic (exact) mass is 248 g/mol. The Balaban J connectivity index is 1.98. The van der Waals surface area contributed by atoms with Gasteiger partial charge in [-0.15, -0.1) is 0 Å². The summed E-state index contributed by atoms with van der Waals surface area (Å²) in [6.07, 6.45) is 5.51. The molecule has 0 amide bonds. The van der Waals surface area contributed by atoms with E-state index in [-0.39, 0.29) is 5.97 Å². The molecule has 2 atom stereocenters. The average Bonchev–Trinajstić information content (AvgIpc) is 2.81. The summed E-state index contributed by atoms with van der Waals surface area (Å²) in [5.74, 6) is 1.79. The predicted octanol–water partition coefficient (Wildman–Crippen LogP) is 2.72. The third-order valence-electron chi connectivity index (χ3n) is 3.57. The van der Waals surface area contributed by atoms with E-state index in [1.807, 2.05) is 0 Å². The maximum Gasteiger partial charge on any atom is 0.341 e. The van der Waals surface area contributed by atoms with Crippen LogP contribution in [0.5, 0.6) is 0 Å². The van der Waals surface area contributed by atoms with Gasteiger partial charge in [0.25, 0.3) is 0 Å². The standard InChI is InChI=1S/C14H20N2O2/c1-10-5-6-11(8-10)9-16-13-12(14(17)18-2)4-3-7-15-13/h3-4,7,10-11H,5-6,8-9H2,1-2H3,(H,15,16). The number of hydrogen-bond acceptors (Lipinski definition) is 4. The average molecular weight is 248 g/mol. The summed E-state index contributed by atoms with van der Waals surface area (Å²) in [6, 6.07) is 3.48. The number of pyridine rings is 1. The van der Waals surface area contributed by atoms with Crippen molar-refractivity contribution in [3.63, 3.8) is 0 Å². The molecular weight excluding hydrogens is 228 g/mol. The highest BCUT2D eigenvalue weighted by molar-refractivity contribution is 5.94. The zero-order valence-electron chi connectivity index (χ0n) is 11.0. The number of carbonyl (C=O) groups excluding carboxylic acids is 1. The van der Waals surface area contributed by atoms with Gasteiger partial charge in [-0.25, -0.2) is 9.78 Å². The number of anilines is 1. The lowest BCUT2D eigenvalue weighted by Crippen LogP contribution is -2.15. The van der Waals surface area contributed by atoms with Gasteiger partial charge in [-0.2, -0.15) is 0 Å². The molecule has 1 saturated carbocycles. The minimum atomic E-state index is -0.342. The van der Waals surface area contributed by atoms with E-state index in [9.17, 15) is 4.79 Å². The zero-order valence-corrected chi connectivity index (χ0v) is 11.0. The third kappa shape index (κ3) is 3.00. The van der Waals surface area contributed by atoms with Crippen LogP contribution in [-0.4, -0.2) is 24.6 Å². The van der Waals surface area contributed by atoms with E-state index in [4.69, 9.17) is 4.74 Å². The van der Waals surface area contributed by atoms with Gasteiger partial charge >= 0.3 is 5.97 Å². The molecule has 98 valence electrons. The summed E-state index contributed by atoms with van der Waals surface area (Å²) in [5.41, 5.74) is 0.506. The van der Waals surface area contributed by atoms with Crippen LogP contribution in [-0.2, 0) is 4.74 Å². The summed E-state index contributed by atoms with van der Waals surface area (Å²) < 4.78 is 4.75. The van der Waals surface area contributed by atoms with Gasteiger partial charge in [0, 0.05) is 12.7 Å². The molecule has 1 aromatic rings. The van der Waals surface area contributed by atoms with E-state index in [0.29, 0.717) is 17.3 Å². The van der Waals surface area contributed by atoms with Gasteiger partial charge in [0.05, 0.1) is 7.11 Å². The molecule has 2 unspecified atom stereocenters. The van der Waals surface area contributed by atoms with Crippen LogP contribution in [0.1, 0.15) is 36.5 Å². The smallest absolute Gasteiger partial charge is 0.341 e. The van der Waals surface area contributed by atoms with E-state index >= 15 is 0 Å². The molecule has 1 aromatic heterocycles. The third-order valence-corrected chi connectivity index (χ3v) is 3.57. The molecule has 4 heteroatoms. The molecule has 18 heavy (non-hydrogen) atoms. The zero-order chi connectivity index (χ0) is 13.0. The molecule has 1 aliphatic rings. The van der Waals surface area contributed by atoms with Gasteiger partial charge in [-0.3, -0.25) is 0 Å². The highest BCUT2D eigenvalue weighted by Gasteiger charge is 2.21. The molecule has 0 aliphatic heterocycles. The number of ether oxygens (including phenoxy) is 1. The van der Waals surface area contributed by atoms with Crippen LogP contribution >= 0.6 is 0 Å². The second-order valence-corrected chi connectivity index (χ2v) is 5.06. The first-order chi connectivity index (χ1) is 8.70. The van der Waals surface area contributed by atoms with Gasteiger partial charge in [-0.05, 0) is 36.8 Å². The Morgan fingerprint density at radius 1 is 1.56 bits per heavy atom. The SMILES string of the molecule is COC(=O)c1cccnc1NCC1CCC(C)C1. The number of esters is 1. The lowest BCUT2D eigenvalue weighted by Gasteiger charge is -2.13. The quantitative estimate of drug-likeness (QED) is 0.832. The van der Waals surface area contributed by atoms with Crippen LogP contribution in [0, 0.1) is 11.8 Å². The molecule has 2 rings (SSSR count). The minimum Gasteiger partial charge on any atom is -0.465 e. The van der Waals surface area contributed by atoms with E-state index in [1.165, 1.54) is 26.4 Å². The molecule has 4 nitrogen and oxygen atoms in total. The summed E-state index contributed by atoms with van der Waals surface area (Å²) in [6.45, 7) is 3.17. The van der Waals surface area contributed by atoms with Gasteiger partial charge in [-0.1, -0.05) is 13.3 Å². The predicted molar refractivity (Wildman–Crippen MR) is 70.6 cm³/mol. The molecule has 1 fully saturated rings. The number of nitrogens with zero attached hydrogens (tertiary/aromatic N) is 1. The molecular formula is C14H20N2O2. The number of carbonyl (C=O) groups is 1. The summed E-state index contributed by atoms with van der Waals surface area (Å²) >= 11 is 0.